The summed E-state index contributed by atoms with van der Waals surface area (Å²) in [7, 11) is -3.10. The van der Waals surface area contributed by atoms with Gasteiger partial charge >= 0.3 is 5.97 Å². The molecule has 9 heteroatoms. The number of carbonyl (C=O) groups is 2. The third kappa shape index (κ3) is 6.92. The Labute approximate surface area is 171 Å². The molecule has 0 spiro atoms. The van der Waals surface area contributed by atoms with E-state index in [1.807, 2.05) is 6.92 Å². The fourth-order valence-corrected chi connectivity index (χ4v) is 4.53. The number of nitrogens with one attached hydrogen (secondary N) is 1. The summed E-state index contributed by atoms with van der Waals surface area (Å²) in [5.41, 5.74) is 0.236. The molecular weight excluding hydrogens is 398 g/mol. The maximum atomic E-state index is 12.4. The van der Waals surface area contributed by atoms with Gasteiger partial charge in [0.05, 0.1) is 30.3 Å². The molecule has 1 N–H and O–H groups in total. The molecule has 1 saturated heterocycles. The summed E-state index contributed by atoms with van der Waals surface area (Å²) < 4.78 is 39.5. The van der Waals surface area contributed by atoms with Crippen LogP contribution in [0.1, 0.15) is 50.4 Å². The lowest BCUT2D eigenvalue weighted by molar-refractivity contribution is -0.129. The van der Waals surface area contributed by atoms with Gasteiger partial charge in [0, 0.05) is 6.04 Å². The Bertz CT molecular complexity index is 822. The van der Waals surface area contributed by atoms with Crippen molar-refractivity contribution in [1.82, 2.24) is 5.32 Å². The van der Waals surface area contributed by atoms with Crippen LogP contribution in [0.3, 0.4) is 0 Å². The largest absolute Gasteiger partial charge is 0.490 e. The molecule has 1 aliphatic rings. The molecule has 0 saturated carbocycles. The summed E-state index contributed by atoms with van der Waals surface area (Å²) in [4.78, 5) is 24.7. The van der Waals surface area contributed by atoms with Gasteiger partial charge in [-0.1, -0.05) is 13.3 Å². The van der Waals surface area contributed by atoms with E-state index in [2.05, 4.69) is 12.2 Å². The molecule has 162 valence electrons. The summed E-state index contributed by atoms with van der Waals surface area (Å²) in [5.74, 6) is -0.246. The Balaban J connectivity index is 1.97. The lowest BCUT2D eigenvalue weighted by atomic mass is 10.2. The van der Waals surface area contributed by atoms with E-state index in [1.54, 1.807) is 12.1 Å². The molecule has 1 aliphatic heterocycles. The molecule has 0 aromatic heterocycles. The number of hydrogen-bond donors (Lipinski definition) is 1. The molecule has 29 heavy (non-hydrogen) atoms. The second-order valence-corrected chi connectivity index (χ2v) is 9.18. The number of carbonyl (C=O) groups excluding carboxylic acids is 2. The van der Waals surface area contributed by atoms with Crippen LogP contribution < -0.4 is 14.8 Å². The second-order valence-electron chi connectivity index (χ2n) is 6.95. The molecule has 8 nitrogen and oxygen atoms in total. The van der Waals surface area contributed by atoms with Crippen LogP contribution >= 0.6 is 0 Å². The summed E-state index contributed by atoms with van der Waals surface area (Å²) in [5, 5.41) is 2.62. The maximum Gasteiger partial charge on any atom is 0.339 e. The van der Waals surface area contributed by atoms with Gasteiger partial charge in [-0.25, -0.2) is 13.2 Å². The monoisotopic (exact) mass is 427 g/mol. The Hall–Kier alpha value is -2.29. The second kappa shape index (κ2) is 10.5. The Morgan fingerprint density at radius 1 is 1.21 bits per heavy atom. The zero-order valence-corrected chi connectivity index (χ0v) is 17.9. The lowest BCUT2D eigenvalue weighted by Crippen LogP contribution is -2.42. The molecule has 1 heterocycles. The van der Waals surface area contributed by atoms with E-state index in [-0.39, 0.29) is 17.1 Å². The minimum Gasteiger partial charge on any atom is -0.490 e. The smallest absolute Gasteiger partial charge is 0.339 e. The Morgan fingerprint density at radius 3 is 2.59 bits per heavy atom. The van der Waals surface area contributed by atoms with Gasteiger partial charge in [-0.3, -0.25) is 4.79 Å². The van der Waals surface area contributed by atoms with E-state index < -0.39 is 33.9 Å². The predicted molar refractivity (Wildman–Crippen MR) is 108 cm³/mol. The third-order valence-electron chi connectivity index (χ3n) is 4.47. The van der Waals surface area contributed by atoms with Crippen LogP contribution in [-0.2, 0) is 19.4 Å². The third-order valence-corrected chi connectivity index (χ3v) is 6.23. The normalized spacial score (nSPS) is 18.7. The van der Waals surface area contributed by atoms with E-state index in [0.29, 0.717) is 31.1 Å². The fourth-order valence-electron chi connectivity index (χ4n) is 2.86. The number of amides is 1. The van der Waals surface area contributed by atoms with Crippen molar-refractivity contribution in [3.8, 4) is 11.5 Å². The highest BCUT2D eigenvalue weighted by molar-refractivity contribution is 7.91. The Morgan fingerprint density at radius 2 is 1.97 bits per heavy atom. The standard InChI is InChI=1S/C20H29NO7S/c1-4-6-10-27-17-8-7-15(12-18(17)26-5-2)20(23)28-14(3)19(22)21-16-9-11-29(24,25)13-16/h7-8,12,14,16H,4-6,9-11,13H2,1-3H3,(H,21,22)/t14-,16+/m1/s1. The first kappa shape index (κ1) is 23.0. The maximum absolute atomic E-state index is 12.4. The molecule has 0 bridgehead atoms. The van der Waals surface area contributed by atoms with E-state index in [1.165, 1.54) is 13.0 Å². The zero-order valence-electron chi connectivity index (χ0n) is 17.1. The van der Waals surface area contributed by atoms with E-state index in [9.17, 15) is 18.0 Å². The van der Waals surface area contributed by atoms with Crippen LogP contribution in [0.15, 0.2) is 18.2 Å². The molecule has 0 aliphatic carbocycles. The lowest BCUT2D eigenvalue weighted by Gasteiger charge is -2.17. The highest BCUT2D eigenvalue weighted by atomic mass is 32.2. The van der Waals surface area contributed by atoms with Crippen LogP contribution in [0.2, 0.25) is 0 Å². The van der Waals surface area contributed by atoms with Gasteiger partial charge < -0.3 is 19.5 Å². The number of esters is 1. The van der Waals surface area contributed by atoms with Gasteiger partial charge in [0.25, 0.3) is 5.91 Å². The predicted octanol–water partition coefficient (Wildman–Crippen LogP) is 2.11. The van der Waals surface area contributed by atoms with E-state index in [4.69, 9.17) is 14.2 Å². The van der Waals surface area contributed by atoms with Crippen molar-refractivity contribution in [1.29, 1.82) is 0 Å². The first-order valence-corrected chi connectivity index (χ1v) is 11.7. The number of rotatable bonds is 10. The van der Waals surface area contributed by atoms with Crippen molar-refractivity contribution in [2.24, 2.45) is 0 Å². The molecule has 1 aromatic rings. The van der Waals surface area contributed by atoms with Crippen molar-refractivity contribution in [3.63, 3.8) is 0 Å². The topological polar surface area (TPSA) is 108 Å². The quantitative estimate of drug-likeness (QED) is 0.450. The van der Waals surface area contributed by atoms with E-state index in [0.717, 1.165) is 12.8 Å². The molecule has 2 atom stereocenters. The average molecular weight is 428 g/mol. The van der Waals surface area contributed by atoms with Crippen LogP contribution in [0, 0.1) is 0 Å². The number of sulfone groups is 1. The zero-order chi connectivity index (χ0) is 21.4. The molecule has 1 aromatic carbocycles. The van der Waals surface area contributed by atoms with Gasteiger partial charge in [0.1, 0.15) is 0 Å². The van der Waals surface area contributed by atoms with Gasteiger partial charge in [-0.15, -0.1) is 0 Å². The van der Waals surface area contributed by atoms with Gasteiger partial charge in [0.2, 0.25) is 0 Å². The van der Waals surface area contributed by atoms with Crippen molar-refractivity contribution in [3.05, 3.63) is 23.8 Å². The number of hydrogen-bond acceptors (Lipinski definition) is 7. The Kier molecular flexibility index (Phi) is 8.31. The minimum absolute atomic E-state index is 0.0546. The van der Waals surface area contributed by atoms with Gasteiger partial charge in [-0.2, -0.15) is 0 Å². The molecular formula is C20H29NO7S. The van der Waals surface area contributed by atoms with Crippen molar-refractivity contribution >= 4 is 21.7 Å². The van der Waals surface area contributed by atoms with Crippen LogP contribution in [0.5, 0.6) is 11.5 Å². The number of ether oxygens (including phenoxy) is 3. The first-order valence-electron chi connectivity index (χ1n) is 9.87. The molecule has 0 radical (unpaired) electrons. The number of benzene rings is 1. The van der Waals surface area contributed by atoms with Crippen molar-refractivity contribution in [2.45, 2.75) is 52.2 Å². The SMILES string of the molecule is CCCCOc1ccc(C(=O)O[C@H](C)C(=O)N[C@H]2CCS(=O)(=O)C2)cc1OCC. The summed E-state index contributed by atoms with van der Waals surface area (Å²) in [6.07, 6.45) is 1.22. The molecule has 1 fully saturated rings. The molecule has 2 rings (SSSR count). The van der Waals surface area contributed by atoms with Crippen molar-refractivity contribution < 1.29 is 32.2 Å². The first-order chi connectivity index (χ1) is 13.8. The van der Waals surface area contributed by atoms with Crippen LogP contribution in [-0.4, -0.2) is 57.2 Å². The number of unbranched alkanes of at least 4 members (excludes halogenated alkanes) is 1. The summed E-state index contributed by atoms with van der Waals surface area (Å²) in [6.45, 7) is 6.30. The van der Waals surface area contributed by atoms with Crippen molar-refractivity contribution in [2.75, 3.05) is 24.7 Å². The van der Waals surface area contributed by atoms with E-state index >= 15 is 0 Å². The summed E-state index contributed by atoms with van der Waals surface area (Å²) >= 11 is 0. The summed E-state index contributed by atoms with van der Waals surface area (Å²) in [6, 6.07) is 4.28. The average Bonchev–Trinajstić information content (AvgIpc) is 3.01. The minimum atomic E-state index is -3.10. The van der Waals surface area contributed by atoms with Gasteiger partial charge in [-0.05, 0) is 44.9 Å². The van der Waals surface area contributed by atoms with Gasteiger partial charge in [0.15, 0.2) is 27.4 Å². The van der Waals surface area contributed by atoms with Crippen LogP contribution in [0.25, 0.3) is 0 Å². The fraction of sp³-hybridized carbons (Fsp3) is 0.600. The highest BCUT2D eigenvalue weighted by Gasteiger charge is 2.31. The molecule has 0 unspecified atom stereocenters. The van der Waals surface area contributed by atoms with Crippen LogP contribution in [0.4, 0.5) is 0 Å². The highest BCUT2D eigenvalue weighted by Crippen LogP contribution is 2.29. The molecule has 1 amide bonds.